The van der Waals surface area contributed by atoms with E-state index in [0.29, 0.717) is 22.4 Å². The highest BCUT2D eigenvalue weighted by Crippen LogP contribution is 2.34. The van der Waals surface area contributed by atoms with Gasteiger partial charge in [0.15, 0.2) is 11.5 Å². The van der Waals surface area contributed by atoms with Crippen LogP contribution in [0.25, 0.3) is 11.0 Å². The number of furan rings is 1. The monoisotopic (exact) mass is 464 g/mol. The number of carbonyl (C=O) groups is 2. The van der Waals surface area contributed by atoms with E-state index in [0.717, 1.165) is 0 Å². The number of hydrogen-bond donors (Lipinski definition) is 1. The lowest BCUT2D eigenvalue weighted by molar-refractivity contribution is -0.384. The van der Waals surface area contributed by atoms with Crippen molar-refractivity contribution in [3.8, 4) is 5.75 Å². The van der Waals surface area contributed by atoms with Gasteiger partial charge in [0.25, 0.3) is 5.69 Å². The molecule has 0 amide bonds. The Kier molecular flexibility index (Phi) is 6.10. The van der Waals surface area contributed by atoms with Crippen LogP contribution in [-0.4, -0.2) is 30.1 Å². The number of para-hydroxylation sites is 1. The normalized spacial score (nSPS) is 10.7. The summed E-state index contributed by atoms with van der Waals surface area (Å²) >= 11 is 6.17. The molecule has 8 nitrogen and oxygen atoms in total. The van der Waals surface area contributed by atoms with Crippen LogP contribution < -0.4 is 10.1 Å². The van der Waals surface area contributed by atoms with E-state index < -0.39 is 10.7 Å². The molecule has 0 saturated heterocycles. The first kappa shape index (κ1) is 22.0. The van der Waals surface area contributed by atoms with Crippen molar-refractivity contribution in [2.45, 2.75) is 0 Å². The van der Waals surface area contributed by atoms with Gasteiger partial charge in [-0.1, -0.05) is 35.9 Å². The molecule has 0 unspecified atom stereocenters. The van der Waals surface area contributed by atoms with Crippen molar-refractivity contribution in [1.82, 2.24) is 0 Å². The van der Waals surface area contributed by atoms with Crippen molar-refractivity contribution in [2.75, 3.05) is 19.0 Å². The lowest BCUT2D eigenvalue weighted by Crippen LogP contribution is -2.15. The summed E-state index contributed by atoms with van der Waals surface area (Å²) in [6.07, 6.45) is 0. The first-order valence-corrected chi connectivity index (χ1v) is 10.2. The van der Waals surface area contributed by atoms with Crippen LogP contribution in [-0.2, 0) is 0 Å². The molecule has 0 bridgehead atoms. The standard InChI is InChI=1S/C24H17ClN2O6/c1-32-21-10-9-15(12-18(21)25)23(29)24-22(17-7-2-3-8-20(17)33-24)26-13-19(28)14-5-4-6-16(11-14)27(30)31/h2-12,26H,13H2,1H3. The number of hydrogen-bond acceptors (Lipinski definition) is 7. The van der Waals surface area contributed by atoms with Gasteiger partial charge in [-0.05, 0) is 30.3 Å². The molecule has 0 radical (unpaired) electrons. The van der Waals surface area contributed by atoms with Crippen LogP contribution >= 0.6 is 11.6 Å². The quantitative estimate of drug-likeness (QED) is 0.207. The zero-order chi connectivity index (χ0) is 23.5. The number of nitro groups is 1. The van der Waals surface area contributed by atoms with E-state index in [1.807, 2.05) is 0 Å². The average Bonchev–Trinajstić information content (AvgIpc) is 3.20. The van der Waals surface area contributed by atoms with Crippen LogP contribution in [0.3, 0.4) is 0 Å². The molecule has 3 aromatic carbocycles. The highest BCUT2D eigenvalue weighted by atomic mass is 35.5. The van der Waals surface area contributed by atoms with E-state index in [-0.39, 0.29) is 39.9 Å². The molecule has 0 spiro atoms. The fraction of sp³-hybridized carbons (Fsp3) is 0.0833. The van der Waals surface area contributed by atoms with E-state index in [4.69, 9.17) is 20.8 Å². The summed E-state index contributed by atoms with van der Waals surface area (Å²) in [5.41, 5.74) is 1.10. The number of non-ortho nitro benzene ring substituents is 1. The number of nitro benzene ring substituents is 1. The van der Waals surface area contributed by atoms with Gasteiger partial charge in [-0.15, -0.1) is 0 Å². The number of Topliss-reactive ketones (excluding diaryl/α,β-unsaturated/α-hetero) is 1. The SMILES string of the molecule is COc1ccc(C(=O)c2oc3ccccc3c2NCC(=O)c2cccc([N+](=O)[O-])c2)cc1Cl. The minimum atomic E-state index is -0.565. The molecule has 1 heterocycles. The summed E-state index contributed by atoms with van der Waals surface area (Å²) in [5.74, 6) is -0.362. The smallest absolute Gasteiger partial charge is 0.270 e. The maximum atomic E-state index is 13.2. The van der Waals surface area contributed by atoms with E-state index in [1.54, 1.807) is 36.4 Å². The van der Waals surface area contributed by atoms with Gasteiger partial charge in [-0.2, -0.15) is 0 Å². The molecule has 33 heavy (non-hydrogen) atoms. The molecule has 0 atom stereocenters. The molecule has 4 rings (SSSR count). The second-order valence-electron chi connectivity index (χ2n) is 7.06. The van der Waals surface area contributed by atoms with Crippen LogP contribution in [0.1, 0.15) is 26.5 Å². The Morgan fingerprint density at radius 2 is 1.85 bits per heavy atom. The van der Waals surface area contributed by atoms with Gasteiger partial charge >= 0.3 is 0 Å². The number of fused-ring (bicyclic) bond motifs is 1. The van der Waals surface area contributed by atoms with E-state index in [2.05, 4.69) is 5.32 Å². The molecule has 1 N–H and O–H groups in total. The number of nitrogens with one attached hydrogen (secondary N) is 1. The number of halogens is 1. The van der Waals surface area contributed by atoms with Crippen molar-refractivity contribution < 1.29 is 23.7 Å². The van der Waals surface area contributed by atoms with Gasteiger partial charge in [0, 0.05) is 28.6 Å². The van der Waals surface area contributed by atoms with Gasteiger partial charge in [-0.3, -0.25) is 19.7 Å². The molecule has 4 aromatic rings. The Bertz CT molecular complexity index is 1390. The zero-order valence-corrected chi connectivity index (χ0v) is 18.1. The van der Waals surface area contributed by atoms with E-state index in [9.17, 15) is 19.7 Å². The zero-order valence-electron chi connectivity index (χ0n) is 17.3. The van der Waals surface area contributed by atoms with E-state index >= 15 is 0 Å². The maximum absolute atomic E-state index is 13.2. The second-order valence-corrected chi connectivity index (χ2v) is 7.47. The van der Waals surface area contributed by atoms with Crippen LogP contribution in [0.15, 0.2) is 71.1 Å². The third-order valence-corrected chi connectivity index (χ3v) is 5.32. The van der Waals surface area contributed by atoms with Crippen molar-refractivity contribution in [3.05, 3.63) is 98.8 Å². The number of nitrogens with zero attached hydrogens (tertiary/aromatic N) is 1. The van der Waals surface area contributed by atoms with Gasteiger partial charge in [0.05, 0.1) is 29.3 Å². The minimum Gasteiger partial charge on any atom is -0.495 e. The van der Waals surface area contributed by atoms with Gasteiger partial charge in [-0.25, -0.2) is 0 Å². The molecular formula is C24H17ClN2O6. The molecule has 0 fully saturated rings. The molecule has 0 aliphatic heterocycles. The summed E-state index contributed by atoms with van der Waals surface area (Å²) in [5, 5.41) is 14.9. The van der Waals surface area contributed by atoms with Crippen LogP contribution in [0.2, 0.25) is 5.02 Å². The molecule has 0 saturated carbocycles. The molecule has 9 heteroatoms. The Morgan fingerprint density at radius 3 is 2.58 bits per heavy atom. The molecular weight excluding hydrogens is 448 g/mol. The number of ether oxygens (including phenoxy) is 1. The van der Waals surface area contributed by atoms with Crippen LogP contribution in [0, 0.1) is 10.1 Å². The highest BCUT2D eigenvalue weighted by molar-refractivity contribution is 6.32. The van der Waals surface area contributed by atoms with Crippen LogP contribution in [0.5, 0.6) is 5.75 Å². The summed E-state index contributed by atoms with van der Waals surface area (Å²) in [4.78, 5) is 36.3. The van der Waals surface area contributed by atoms with E-state index in [1.165, 1.54) is 37.4 Å². The number of ketones is 2. The predicted molar refractivity (Wildman–Crippen MR) is 124 cm³/mol. The van der Waals surface area contributed by atoms with Crippen molar-refractivity contribution >= 4 is 45.5 Å². The summed E-state index contributed by atoms with van der Waals surface area (Å²) in [6.45, 7) is -0.200. The fourth-order valence-electron chi connectivity index (χ4n) is 3.38. The third-order valence-electron chi connectivity index (χ3n) is 5.02. The summed E-state index contributed by atoms with van der Waals surface area (Å²) in [7, 11) is 1.47. The molecule has 166 valence electrons. The molecule has 0 aliphatic carbocycles. The number of benzene rings is 3. The number of methoxy groups -OCH3 is 1. The minimum absolute atomic E-state index is 0.0178. The van der Waals surface area contributed by atoms with Gasteiger partial charge in [0.1, 0.15) is 11.3 Å². The van der Waals surface area contributed by atoms with Crippen molar-refractivity contribution in [3.63, 3.8) is 0 Å². The summed E-state index contributed by atoms with van der Waals surface area (Å²) < 4.78 is 10.9. The Hall–Kier alpha value is -4.17. The second kappa shape index (κ2) is 9.13. The maximum Gasteiger partial charge on any atom is 0.270 e. The topological polar surface area (TPSA) is 112 Å². The van der Waals surface area contributed by atoms with Crippen LogP contribution in [0.4, 0.5) is 11.4 Å². The molecule has 0 aliphatic rings. The Morgan fingerprint density at radius 1 is 1.06 bits per heavy atom. The van der Waals surface area contributed by atoms with Gasteiger partial charge < -0.3 is 14.5 Å². The first-order valence-electron chi connectivity index (χ1n) is 9.80. The van der Waals surface area contributed by atoms with Crippen molar-refractivity contribution in [1.29, 1.82) is 0 Å². The lowest BCUT2D eigenvalue weighted by atomic mass is 10.1. The Balaban J connectivity index is 1.66. The number of carbonyl (C=O) groups excluding carboxylic acids is 2. The lowest BCUT2D eigenvalue weighted by Gasteiger charge is -2.08. The first-order chi connectivity index (χ1) is 15.9. The fourth-order valence-corrected chi connectivity index (χ4v) is 3.64. The average molecular weight is 465 g/mol. The Labute approximate surface area is 192 Å². The summed E-state index contributed by atoms with van der Waals surface area (Å²) in [6, 6.07) is 17.1. The third kappa shape index (κ3) is 4.42. The largest absolute Gasteiger partial charge is 0.495 e. The number of anilines is 1. The predicted octanol–water partition coefficient (Wildman–Crippen LogP) is 5.53. The molecule has 1 aromatic heterocycles. The van der Waals surface area contributed by atoms with Crippen molar-refractivity contribution in [2.24, 2.45) is 0 Å². The number of rotatable bonds is 8. The highest BCUT2D eigenvalue weighted by Gasteiger charge is 2.23. The van der Waals surface area contributed by atoms with Gasteiger partial charge in [0.2, 0.25) is 5.78 Å².